The smallest absolute Gasteiger partial charge is 0.345 e. The van der Waals surface area contributed by atoms with Crippen LogP contribution in [0.2, 0.25) is 0 Å². The van der Waals surface area contributed by atoms with E-state index in [2.05, 4.69) is 15.5 Å². The van der Waals surface area contributed by atoms with Crippen molar-refractivity contribution in [3.8, 4) is 0 Å². The SMILES string of the molecule is CN(C)[C@H]1CCC[C@H](NC(=O)C(=O)Nc2ccccc2CCC(F)(F)F)C1. The van der Waals surface area contributed by atoms with Gasteiger partial charge in [0, 0.05) is 24.2 Å². The van der Waals surface area contributed by atoms with Crippen LogP contribution in [0.1, 0.15) is 37.7 Å². The third-order valence-electron chi connectivity index (χ3n) is 4.86. The van der Waals surface area contributed by atoms with E-state index in [1.165, 1.54) is 12.1 Å². The number of benzene rings is 1. The first-order valence-corrected chi connectivity index (χ1v) is 9.08. The maximum atomic E-state index is 12.5. The lowest BCUT2D eigenvalue weighted by atomic mass is 9.90. The van der Waals surface area contributed by atoms with E-state index >= 15 is 0 Å². The van der Waals surface area contributed by atoms with Gasteiger partial charge in [-0.25, -0.2) is 0 Å². The largest absolute Gasteiger partial charge is 0.389 e. The van der Waals surface area contributed by atoms with Crippen LogP contribution in [0.25, 0.3) is 0 Å². The molecule has 2 amide bonds. The molecule has 2 N–H and O–H groups in total. The summed E-state index contributed by atoms with van der Waals surface area (Å²) in [6.45, 7) is 0. The van der Waals surface area contributed by atoms with Crippen molar-refractivity contribution >= 4 is 17.5 Å². The van der Waals surface area contributed by atoms with Gasteiger partial charge in [-0.2, -0.15) is 13.2 Å². The molecule has 1 aromatic rings. The van der Waals surface area contributed by atoms with Gasteiger partial charge in [-0.15, -0.1) is 0 Å². The lowest BCUT2D eigenvalue weighted by molar-refractivity contribution is -0.136. The van der Waals surface area contributed by atoms with E-state index < -0.39 is 24.4 Å². The molecule has 2 rings (SSSR count). The fraction of sp³-hybridized carbons (Fsp3) is 0.579. The first-order chi connectivity index (χ1) is 12.7. The van der Waals surface area contributed by atoms with Crippen molar-refractivity contribution in [1.82, 2.24) is 10.2 Å². The summed E-state index contributed by atoms with van der Waals surface area (Å²) >= 11 is 0. The number of carbonyl (C=O) groups excluding carboxylic acids is 2. The second-order valence-corrected chi connectivity index (χ2v) is 7.18. The number of hydrogen-bond donors (Lipinski definition) is 2. The van der Waals surface area contributed by atoms with Gasteiger partial charge in [-0.05, 0) is 57.8 Å². The molecule has 1 saturated carbocycles. The number of nitrogens with one attached hydrogen (secondary N) is 2. The highest BCUT2D eigenvalue weighted by Crippen LogP contribution is 2.25. The van der Waals surface area contributed by atoms with E-state index in [0.29, 0.717) is 11.6 Å². The monoisotopic (exact) mass is 385 g/mol. The highest BCUT2D eigenvalue weighted by atomic mass is 19.4. The summed E-state index contributed by atoms with van der Waals surface area (Å²) in [6.07, 6.45) is -1.92. The van der Waals surface area contributed by atoms with Crippen LogP contribution >= 0.6 is 0 Å². The minimum absolute atomic E-state index is 0.0788. The Morgan fingerprint density at radius 2 is 1.85 bits per heavy atom. The highest BCUT2D eigenvalue weighted by molar-refractivity contribution is 6.39. The standard InChI is InChI=1S/C19H26F3N3O2/c1-25(2)15-8-5-7-14(12-15)23-17(26)18(27)24-16-9-4-3-6-13(16)10-11-19(20,21)22/h3-4,6,9,14-15H,5,7-8,10-12H2,1-2H3,(H,23,26)(H,24,27)/t14-,15-/m0/s1. The van der Waals surface area contributed by atoms with E-state index in [4.69, 9.17) is 0 Å². The fourth-order valence-electron chi connectivity index (χ4n) is 3.33. The summed E-state index contributed by atoms with van der Waals surface area (Å²) in [5, 5.41) is 5.18. The Bertz CT molecular complexity index is 662. The molecule has 1 aliphatic carbocycles. The zero-order valence-corrected chi connectivity index (χ0v) is 15.6. The molecule has 0 saturated heterocycles. The van der Waals surface area contributed by atoms with Crippen molar-refractivity contribution in [2.75, 3.05) is 19.4 Å². The third-order valence-corrected chi connectivity index (χ3v) is 4.86. The van der Waals surface area contributed by atoms with Crippen molar-refractivity contribution < 1.29 is 22.8 Å². The number of hydrogen-bond acceptors (Lipinski definition) is 3. The molecule has 8 heteroatoms. The molecule has 1 aromatic carbocycles. The molecule has 2 atom stereocenters. The average molecular weight is 385 g/mol. The summed E-state index contributed by atoms with van der Waals surface area (Å²) < 4.78 is 37.4. The Kier molecular flexibility index (Phi) is 7.24. The molecule has 1 aliphatic rings. The number of rotatable bonds is 5. The summed E-state index contributed by atoms with van der Waals surface area (Å²) in [5.74, 6) is -1.62. The van der Waals surface area contributed by atoms with E-state index in [1.54, 1.807) is 12.1 Å². The van der Waals surface area contributed by atoms with Crippen LogP contribution in [-0.2, 0) is 16.0 Å². The second-order valence-electron chi connectivity index (χ2n) is 7.18. The van der Waals surface area contributed by atoms with Gasteiger partial charge in [0.25, 0.3) is 0 Å². The van der Waals surface area contributed by atoms with E-state index in [9.17, 15) is 22.8 Å². The van der Waals surface area contributed by atoms with Gasteiger partial charge in [-0.1, -0.05) is 18.2 Å². The molecule has 0 aromatic heterocycles. The van der Waals surface area contributed by atoms with Crippen LogP contribution in [0.4, 0.5) is 18.9 Å². The van der Waals surface area contributed by atoms with E-state index in [0.717, 1.165) is 25.7 Å². The molecule has 27 heavy (non-hydrogen) atoms. The van der Waals surface area contributed by atoms with Crippen molar-refractivity contribution in [2.24, 2.45) is 0 Å². The molecule has 1 fully saturated rings. The number of amides is 2. The molecule has 0 spiro atoms. The molecule has 150 valence electrons. The molecule has 0 aliphatic heterocycles. The fourth-order valence-corrected chi connectivity index (χ4v) is 3.33. The van der Waals surface area contributed by atoms with Gasteiger partial charge in [0.1, 0.15) is 0 Å². The minimum Gasteiger partial charge on any atom is -0.345 e. The van der Waals surface area contributed by atoms with Gasteiger partial charge in [0.2, 0.25) is 0 Å². The van der Waals surface area contributed by atoms with Crippen molar-refractivity contribution in [1.29, 1.82) is 0 Å². The summed E-state index contributed by atoms with van der Waals surface area (Å²) in [7, 11) is 3.97. The highest BCUT2D eigenvalue weighted by Gasteiger charge is 2.28. The van der Waals surface area contributed by atoms with Crippen molar-refractivity contribution in [2.45, 2.75) is 56.8 Å². The van der Waals surface area contributed by atoms with Crippen LogP contribution in [-0.4, -0.2) is 49.1 Å². The Morgan fingerprint density at radius 3 is 2.52 bits per heavy atom. The maximum Gasteiger partial charge on any atom is 0.389 e. The quantitative estimate of drug-likeness (QED) is 0.766. The summed E-state index contributed by atoms with van der Waals surface area (Å²) in [5.41, 5.74) is 0.582. The van der Waals surface area contributed by atoms with Crippen LogP contribution in [0, 0.1) is 0 Å². The molecule has 0 bridgehead atoms. The topological polar surface area (TPSA) is 61.4 Å². The zero-order valence-electron chi connectivity index (χ0n) is 15.6. The molecule has 0 heterocycles. The third kappa shape index (κ3) is 6.86. The molecule has 0 unspecified atom stereocenters. The molecular weight excluding hydrogens is 359 g/mol. The van der Waals surface area contributed by atoms with E-state index in [1.807, 2.05) is 14.1 Å². The number of carbonyl (C=O) groups is 2. The van der Waals surface area contributed by atoms with Crippen molar-refractivity contribution in [3.63, 3.8) is 0 Å². The predicted molar refractivity (Wildman–Crippen MR) is 97.3 cm³/mol. The predicted octanol–water partition coefficient (Wildman–Crippen LogP) is 3.11. The van der Waals surface area contributed by atoms with Crippen LogP contribution in [0.15, 0.2) is 24.3 Å². The molecule has 5 nitrogen and oxygen atoms in total. The average Bonchev–Trinajstić information content (AvgIpc) is 2.60. The zero-order chi connectivity index (χ0) is 20.0. The maximum absolute atomic E-state index is 12.5. The molecular formula is C19H26F3N3O2. The minimum atomic E-state index is -4.28. The van der Waals surface area contributed by atoms with Gasteiger partial charge in [0.05, 0.1) is 0 Å². The number of aryl methyl sites for hydroxylation is 1. The summed E-state index contributed by atoms with van der Waals surface area (Å²) in [6, 6.07) is 6.50. The van der Waals surface area contributed by atoms with Crippen LogP contribution in [0.5, 0.6) is 0 Å². The van der Waals surface area contributed by atoms with E-state index in [-0.39, 0.29) is 18.2 Å². The van der Waals surface area contributed by atoms with Gasteiger partial charge in [0.15, 0.2) is 0 Å². The Labute approximate surface area is 157 Å². The first-order valence-electron chi connectivity index (χ1n) is 9.08. The van der Waals surface area contributed by atoms with Gasteiger partial charge < -0.3 is 15.5 Å². The van der Waals surface area contributed by atoms with Crippen molar-refractivity contribution in [3.05, 3.63) is 29.8 Å². The Morgan fingerprint density at radius 1 is 1.15 bits per heavy atom. The van der Waals surface area contributed by atoms with Gasteiger partial charge in [-0.3, -0.25) is 9.59 Å². The Balaban J connectivity index is 1.93. The first kappa shape index (κ1) is 21.2. The Hall–Kier alpha value is -2.09. The molecule has 0 radical (unpaired) electrons. The normalized spacial score (nSPS) is 20.4. The number of anilines is 1. The number of halogens is 3. The number of nitrogens with zero attached hydrogens (tertiary/aromatic N) is 1. The lowest BCUT2D eigenvalue weighted by Gasteiger charge is -2.33. The van der Waals surface area contributed by atoms with Crippen LogP contribution < -0.4 is 10.6 Å². The number of para-hydroxylation sites is 1. The lowest BCUT2D eigenvalue weighted by Crippen LogP contribution is -2.47. The van der Waals surface area contributed by atoms with Crippen LogP contribution in [0.3, 0.4) is 0 Å². The number of alkyl halides is 3. The second kappa shape index (κ2) is 9.21. The van der Waals surface area contributed by atoms with Gasteiger partial charge >= 0.3 is 18.0 Å². The summed E-state index contributed by atoms with van der Waals surface area (Å²) in [4.78, 5) is 26.5.